The van der Waals surface area contributed by atoms with Gasteiger partial charge in [-0.15, -0.1) is 0 Å². The lowest BCUT2D eigenvalue weighted by atomic mass is 9.98. The van der Waals surface area contributed by atoms with Gasteiger partial charge in [-0.2, -0.15) is 0 Å². The molecule has 0 bridgehead atoms. The van der Waals surface area contributed by atoms with Crippen LogP contribution >= 0.6 is 0 Å². The molecule has 0 atom stereocenters. The monoisotopic (exact) mass is 524 g/mol. The molecule has 4 N–H and O–H groups in total. The summed E-state index contributed by atoms with van der Waals surface area (Å²) in [7, 11) is 0. The molecule has 5 aromatic carbocycles. The Labute approximate surface area is 239 Å². The Morgan fingerprint density at radius 2 is 0.475 bits per heavy atom. The fourth-order valence-electron chi connectivity index (χ4n) is 5.26. The lowest BCUT2D eigenvalue weighted by Crippen LogP contribution is -1.94. The van der Waals surface area contributed by atoms with Crippen molar-refractivity contribution >= 4 is 11.4 Å². The van der Waals surface area contributed by atoms with Gasteiger partial charge in [0.15, 0.2) is 0 Å². The predicted octanol–water partition coefficient (Wildman–Crippen LogP) is 8.38. The predicted molar refractivity (Wildman–Crippen MR) is 171 cm³/mol. The summed E-state index contributed by atoms with van der Waals surface area (Å²) >= 11 is 0. The van der Waals surface area contributed by atoms with Gasteiger partial charge < -0.3 is 11.5 Å². The second-order valence-electron chi connectivity index (χ2n) is 11.0. The normalized spacial score (nSPS) is 11.0. The van der Waals surface area contributed by atoms with Gasteiger partial charge in [-0.25, -0.2) is 0 Å². The minimum Gasteiger partial charge on any atom is -0.399 e. The molecule has 202 valence electrons. The van der Waals surface area contributed by atoms with Gasteiger partial charge in [0.05, 0.1) is 0 Å². The van der Waals surface area contributed by atoms with Crippen LogP contribution in [0.5, 0.6) is 0 Å². The molecule has 0 aliphatic rings. The summed E-state index contributed by atoms with van der Waals surface area (Å²) in [6, 6.07) is 43.8. The highest BCUT2D eigenvalue weighted by atomic mass is 14.5. The smallest absolute Gasteiger partial charge is 0.0314 e. The van der Waals surface area contributed by atoms with Gasteiger partial charge in [-0.3, -0.25) is 0 Å². The number of rotatable bonds is 12. The SMILES string of the molecule is Nc1ccc(Cc2ccc(CCCc3ccc(CCCc4ccc(Cc5ccc(N)cc5)cc4)cc3)cc2)cc1. The first-order chi connectivity index (χ1) is 19.6. The average Bonchev–Trinajstić information content (AvgIpc) is 2.98. The van der Waals surface area contributed by atoms with Crippen LogP contribution in [0, 0.1) is 0 Å². The van der Waals surface area contributed by atoms with E-state index in [-0.39, 0.29) is 0 Å². The molecule has 0 unspecified atom stereocenters. The van der Waals surface area contributed by atoms with Gasteiger partial charge in [-0.05, 0) is 120 Å². The van der Waals surface area contributed by atoms with Crippen molar-refractivity contribution in [2.24, 2.45) is 0 Å². The highest BCUT2D eigenvalue weighted by molar-refractivity contribution is 5.42. The molecular formula is C38H40N2. The van der Waals surface area contributed by atoms with Crippen LogP contribution in [0.15, 0.2) is 121 Å². The van der Waals surface area contributed by atoms with E-state index in [0.29, 0.717) is 0 Å². The van der Waals surface area contributed by atoms with Gasteiger partial charge in [-0.1, -0.05) is 97.1 Å². The fourth-order valence-corrected chi connectivity index (χ4v) is 5.26. The third kappa shape index (κ3) is 8.35. The minimum absolute atomic E-state index is 0.817. The topological polar surface area (TPSA) is 52.0 Å². The molecule has 0 heterocycles. The summed E-state index contributed by atoms with van der Waals surface area (Å²) in [5, 5.41) is 0. The third-order valence-corrected chi connectivity index (χ3v) is 7.71. The summed E-state index contributed by atoms with van der Waals surface area (Å²) in [5.41, 5.74) is 24.2. The molecule has 0 spiro atoms. The van der Waals surface area contributed by atoms with E-state index in [9.17, 15) is 0 Å². The molecular weight excluding hydrogens is 484 g/mol. The van der Waals surface area contributed by atoms with Gasteiger partial charge in [0.1, 0.15) is 0 Å². The maximum Gasteiger partial charge on any atom is 0.0314 e. The lowest BCUT2D eigenvalue weighted by Gasteiger charge is -2.07. The van der Waals surface area contributed by atoms with Crippen molar-refractivity contribution in [1.29, 1.82) is 0 Å². The molecule has 5 rings (SSSR count). The standard InChI is InChI=1S/C38H40N2/c39-37-23-19-35(20-24-37)27-33-15-11-31(12-16-33)5-1-3-29-7-9-30(10-8-29)4-2-6-32-13-17-34(18-14-32)28-36-21-25-38(40)26-22-36/h7-26H,1-6,27-28,39-40H2. The van der Waals surface area contributed by atoms with Gasteiger partial charge in [0, 0.05) is 11.4 Å². The van der Waals surface area contributed by atoms with Crippen LogP contribution in [0.4, 0.5) is 11.4 Å². The quantitative estimate of drug-likeness (QED) is 0.161. The molecule has 0 aliphatic carbocycles. The van der Waals surface area contributed by atoms with E-state index in [4.69, 9.17) is 11.5 Å². The summed E-state index contributed by atoms with van der Waals surface area (Å²) in [6.45, 7) is 0. The fraction of sp³-hybridized carbons (Fsp3) is 0.211. The van der Waals surface area contributed by atoms with Crippen molar-refractivity contribution in [2.45, 2.75) is 51.4 Å². The van der Waals surface area contributed by atoms with Gasteiger partial charge in [0.25, 0.3) is 0 Å². The Morgan fingerprint density at radius 3 is 0.725 bits per heavy atom. The first kappa shape index (κ1) is 27.3. The molecule has 0 saturated heterocycles. The number of nitrogens with two attached hydrogens (primary N) is 2. The number of hydrogen-bond donors (Lipinski definition) is 2. The van der Waals surface area contributed by atoms with E-state index in [2.05, 4.69) is 97.1 Å². The molecule has 2 heteroatoms. The van der Waals surface area contributed by atoms with Crippen LogP contribution in [0.1, 0.15) is 57.3 Å². The molecule has 0 saturated carbocycles. The number of hydrogen-bond acceptors (Lipinski definition) is 2. The van der Waals surface area contributed by atoms with Crippen LogP contribution in [0.3, 0.4) is 0 Å². The molecule has 2 nitrogen and oxygen atoms in total. The molecule has 40 heavy (non-hydrogen) atoms. The lowest BCUT2D eigenvalue weighted by molar-refractivity contribution is 0.809. The molecule has 0 aliphatic heterocycles. The van der Waals surface area contributed by atoms with Crippen LogP contribution < -0.4 is 11.5 Å². The van der Waals surface area contributed by atoms with E-state index in [1.165, 1.54) is 57.3 Å². The Kier molecular flexibility index (Phi) is 9.32. The molecule has 0 amide bonds. The molecule has 5 aromatic rings. The second kappa shape index (κ2) is 13.7. The maximum atomic E-state index is 5.80. The Bertz CT molecular complexity index is 1330. The third-order valence-electron chi connectivity index (χ3n) is 7.71. The first-order valence-electron chi connectivity index (χ1n) is 14.5. The number of aryl methyl sites for hydroxylation is 4. The molecule has 0 aromatic heterocycles. The van der Waals surface area contributed by atoms with Crippen LogP contribution in [0.25, 0.3) is 0 Å². The van der Waals surface area contributed by atoms with Crippen molar-refractivity contribution in [1.82, 2.24) is 0 Å². The zero-order valence-corrected chi connectivity index (χ0v) is 23.4. The highest BCUT2D eigenvalue weighted by Gasteiger charge is 2.02. The van der Waals surface area contributed by atoms with E-state index < -0.39 is 0 Å². The minimum atomic E-state index is 0.817. The molecule has 0 fully saturated rings. The average molecular weight is 525 g/mol. The molecule has 0 radical (unpaired) electrons. The number of benzene rings is 5. The second-order valence-corrected chi connectivity index (χ2v) is 11.0. The zero-order chi connectivity index (χ0) is 27.6. The maximum absolute atomic E-state index is 5.80. The van der Waals surface area contributed by atoms with Crippen molar-refractivity contribution in [3.8, 4) is 0 Å². The van der Waals surface area contributed by atoms with E-state index >= 15 is 0 Å². The van der Waals surface area contributed by atoms with Crippen LogP contribution in [0.2, 0.25) is 0 Å². The Hall–Kier alpha value is -4.30. The Morgan fingerprint density at radius 1 is 0.275 bits per heavy atom. The van der Waals surface area contributed by atoms with Crippen LogP contribution in [-0.2, 0) is 38.5 Å². The summed E-state index contributed by atoms with van der Waals surface area (Å²) in [5.74, 6) is 0. The van der Waals surface area contributed by atoms with Crippen molar-refractivity contribution in [2.75, 3.05) is 11.5 Å². The van der Waals surface area contributed by atoms with Crippen molar-refractivity contribution in [3.05, 3.63) is 166 Å². The van der Waals surface area contributed by atoms with E-state index in [1.54, 1.807) is 0 Å². The summed E-state index contributed by atoms with van der Waals surface area (Å²) in [4.78, 5) is 0. The van der Waals surface area contributed by atoms with E-state index in [1.807, 2.05) is 24.3 Å². The van der Waals surface area contributed by atoms with Crippen molar-refractivity contribution in [3.63, 3.8) is 0 Å². The number of anilines is 2. The zero-order valence-electron chi connectivity index (χ0n) is 23.4. The van der Waals surface area contributed by atoms with Gasteiger partial charge in [0.2, 0.25) is 0 Å². The summed E-state index contributed by atoms with van der Waals surface area (Å²) < 4.78 is 0. The largest absolute Gasteiger partial charge is 0.399 e. The van der Waals surface area contributed by atoms with Gasteiger partial charge >= 0.3 is 0 Å². The van der Waals surface area contributed by atoms with Crippen LogP contribution in [-0.4, -0.2) is 0 Å². The van der Waals surface area contributed by atoms with E-state index in [0.717, 1.165) is 49.9 Å². The Balaban J connectivity index is 1.00. The number of nitrogen functional groups attached to an aromatic ring is 2. The van der Waals surface area contributed by atoms with Crippen molar-refractivity contribution < 1.29 is 0 Å². The first-order valence-corrected chi connectivity index (χ1v) is 14.5. The highest BCUT2D eigenvalue weighted by Crippen LogP contribution is 2.17. The summed E-state index contributed by atoms with van der Waals surface area (Å²) in [6.07, 6.45) is 8.71.